The van der Waals surface area contributed by atoms with Crippen LogP contribution < -0.4 is 4.90 Å². The summed E-state index contributed by atoms with van der Waals surface area (Å²) in [5.74, 6) is -0.0258. The first-order chi connectivity index (χ1) is 16.2. The van der Waals surface area contributed by atoms with Crippen LogP contribution in [0.4, 0.5) is 5.69 Å². The van der Waals surface area contributed by atoms with E-state index >= 15 is 0 Å². The fraction of sp³-hybridized carbons (Fsp3) is 0.111. The molecule has 6 heteroatoms. The average molecular weight is 434 g/mol. The molecule has 0 bridgehead atoms. The van der Waals surface area contributed by atoms with E-state index in [0.29, 0.717) is 18.5 Å². The molecule has 0 unspecified atom stereocenters. The second-order valence-electron chi connectivity index (χ2n) is 7.85. The van der Waals surface area contributed by atoms with E-state index in [1.807, 2.05) is 60.8 Å². The smallest absolute Gasteiger partial charge is 0.227 e. The number of carbonyl (C=O) groups excluding carboxylic acids is 2. The molecule has 0 spiro atoms. The number of para-hydroxylation sites is 1. The third-order valence-electron chi connectivity index (χ3n) is 5.65. The second kappa shape index (κ2) is 9.04. The SMILES string of the molecule is O=C(/C=C/c1cn(-c2ccccc2)nc1-c1ccncc1)c1cccc(N2CCCC2=O)c1. The molecule has 5 rings (SSSR count). The van der Waals surface area contributed by atoms with E-state index in [-0.39, 0.29) is 11.7 Å². The number of carbonyl (C=O) groups is 2. The highest BCUT2D eigenvalue weighted by molar-refractivity contribution is 6.08. The second-order valence-corrected chi connectivity index (χ2v) is 7.85. The third kappa shape index (κ3) is 4.36. The van der Waals surface area contributed by atoms with Crippen LogP contribution in [0.15, 0.2) is 91.4 Å². The van der Waals surface area contributed by atoms with E-state index in [9.17, 15) is 9.59 Å². The Morgan fingerprint density at radius 3 is 2.48 bits per heavy atom. The van der Waals surface area contributed by atoms with Crippen LogP contribution in [0.5, 0.6) is 0 Å². The van der Waals surface area contributed by atoms with E-state index in [1.165, 1.54) is 0 Å². The predicted molar refractivity (Wildman–Crippen MR) is 128 cm³/mol. The van der Waals surface area contributed by atoms with Crippen molar-refractivity contribution < 1.29 is 9.59 Å². The molecule has 162 valence electrons. The molecule has 1 aliphatic heterocycles. The van der Waals surface area contributed by atoms with Crippen LogP contribution in [0.25, 0.3) is 23.0 Å². The van der Waals surface area contributed by atoms with E-state index < -0.39 is 0 Å². The van der Waals surface area contributed by atoms with Crippen molar-refractivity contribution in [2.45, 2.75) is 12.8 Å². The number of amides is 1. The Hall–Kier alpha value is -4.32. The Labute approximate surface area is 191 Å². The van der Waals surface area contributed by atoms with Gasteiger partial charge in [0.2, 0.25) is 5.91 Å². The van der Waals surface area contributed by atoms with Crippen molar-refractivity contribution in [3.63, 3.8) is 0 Å². The van der Waals surface area contributed by atoms with Gasteiger partial charge in [-0.25, -0.2) is 4.68 Å². The van der Waals surface area contributed by atoms with Crippen LogP contribution in [0.3, 0.4) is 0 Å². The van der Waals surface area contributed by atoms with Crippen molar-refractivity contribution >= 4 is 23.5 Å². The number of allylic oxidation sites excluding steroid dienone is 1. The first kappa shape index (κ1) is 20.6. The van der Waals surface area contributed by atoms with Gasteiger partial charge < -0.3 is 4.90 Å². The van der Waals surface area contributed by atoms with E-state index in [1.54, 1.807) is 46.3 Å². The fourth-order valence-corrected chi connectivity index (χ4v) is 3.97. The summed E-state index contributed by atoms with van der Waals surface area (Å²) in [6.07, 6.45) is 10.1. The lowest BCUT2D eigenvalue weighted by Crippen LogP contribution is -2.23. The van der Waals surface area contributed by atoms with Crippen LogP contribution in [0.1, 0.15) is 28.8 Å². The maximum Gasteiger partial charge on any atom is 0.227 e. The molecule has 4 aromatic rings. The Bertz CT molecular complexity index is 1330. The number of pyridine rings is 1. The third-order valence-corrected chi connectivity index (χ3v) is 5.65. The molecule has 2 aromatic heterocycles. The summed E-state index contributed by atoms with van der Waals surface area (Å²) in [5.41, 5.74) is 4.75. The summed E-state index contributed by atoms with van der Waals surface area (Å²) in [7, 11) is 0. The topological polar surface area (TPSA) is 68.1 Å². The van der Waals surface area contributed by atoms with Gasteiger partial charge in [-0.15, -0.1) is 0 Å². The van der Waals surface area contributed by atoms with Gasteiger partial charge in [0.25, 0.3) is 0 Å². The van der Waals surface area contributed by atoms with Crippen molar-refractivity contribution in [3.8, 4) is 16.9 Å². The molecule has 1 fully saturated rings. The van der Waals surface area contributed by atoms with Crippen molar-refractivity contribution in [3.05, 3.63) is 103 Å². The van der Waals surface area contributed by atoms with Crippen molar-refractivity contribution in [1.29, 1.82) is 0 Å². The Morgan fingerprint density at radius 1 is 0.939 bits per heavy atom. The number of rotatable bonds is 6. The quantitative estimate of drug-likeness (QED) is 0.318. The van der Waals surface area contributed by atoms with Gasteiger partial charge in [0.05, 0.1) is 5.69 Å². The number of hydrogen-bond acceptors (Lipinski definition) is 4. The number of ketones is 1. The van der Waals surface area contributed by atoms with Crippen LogP contribution in [0.2, 0.25) is 0 Å². The fourth-order valence-electron chi connectivity index (χ4n) is 3.97. The Morgan fingerprint density at radius 2 is 1.73 bits per heavy atom. The largest absolute Gasteiger partial charge is 0.312 e. The van der Waals surface area contributed by atoms with Gasteiger partial charge in [-0.1, -0.05) is 30.3 Å². The molecule has 0 atom stereocenters. The number of anilines is 1. The zero-order chi connectivity index (χ0) is 22.6. The first-order valence-corrected chi connectivity index (χ1v) is 10.9. The molecule has 6 nitrogen and oxygen atoms in total. The van der Waals surface area contributed by atoms with Crippen molar-refractivity contribution in [2.75, 3.05) is 11.4 Å². The molecule has 3 heterocycles. The normalized spacial score (nSPS) is 13.7. The van der Waals surface area contributed by atoms with Crippen LogP contribution >= 0.6 is 0 Å². The Kier molecular flexibility index (Phi) is 5.64. The molecule has 2 aromatic carbocycles. The molecule has 0 N–H and O–H groups in total. The first-order valence-electron chi connectivity index (χ1n) is 10.9. The standard InChI is InChI=1S/C27H22N4O2/c32-25(21-6-4-9-24(18-21)30-17-5-10-26(30)33)12-11-22-19-31(23-7-2-1-3-8-23)29-27(22)20-13-15-28-16-14-20/h1-4,6-9,11-16,18-19H,5,10,17H2/b12-11+. The van der Waals surface area contributed by atoms with Gasteiger partial charge in [-0.3, -0.25) is 14.6 Å². The zero-order valence-electron chi connectivity index (χ0n) is 18.0. The molecule has 1 saturated heterocycles. The summed E-state index contributed by atoms with van der Waals surface area (Å²) < 4.78 is 1.81. The van der Waals surface area contributed by atoms with E-state index in [4.69, 9.17) is 5.10 Å². The maximum atomic E-state index is 13.0. The number of aromatic nitrogens is 3. The van der Waals surface area contributed by atoms with Crippen LogP contribution in [0, 0.1) is 0 Å². The lowest BCUT2D eigenvalue weighted by atomic mass is 10.1. The molecule has 0 aliphatic carbocycles. The molecular weight excluding hydrogens is 412 g/mol. The highest BCUT2D eigenvalue weighted by atomic mass is 16.2. The van der Waals surface area contributed by atoms with Gasteiger partial charge in [0, 0.05) is 53.9 Å². The average Bonchev–Trinajstić information content (AvgIpc) is 3.50. The van der Waals surface area contributed by atoms with Gasteiger partial charge in [-0.2, -0.15) is 5.10 Å². The highest BCUT2D eigenvalue weighted by Gasteiger charge is 2.22. The monoisotopic (exact) mass is 434 g/mol. The van der Waals surface area contributed by atoms with Crippen LogP contribution in [-0.4, -0.2) is 33.0 Å². The summed E-state index contributed by atoms with van der Waals surface area (Å²) in [6.45, 7) is 0.695. The lowest BCUT2D eigenvalue weighted by Gasteiger charge is -2.16. The molecule has 1 amide bonds. The van der Waals surface area contributed by atoms with Crippen LogP contribution in [-0.2, 0) is 4.79 Å². The summed E-state index contributed by atoms with van der Waals surface area (Å²) in [6, 6.07) is 20.9. The van der Waals surface area contributed by atoms with Crippen molar-refractivity contribution in [2.24, 2.45) is 0 Å². The zero-order valence-corrected chi connectivity index (χ0v) is 18.0. The molecule has 33 heavy (non-hydrogen) atoms. The van der Waals surface area contributed by atoms with Crippen molar-refractivity contribution in [1.82, 2.24) is 14.8 Å². The van der Waals surface area contributed by atoms with Gasteiger partial charge in [0.15, 0.2) is 5.78 Å². The minimum absolute atomic E-state index is 0.102. The maximum absolute atomic E-state index is 13.0. The lowest BCUT2D eigenvalue weighted by molar-refractivity contribution is -0.117. The van der Waals surface area contributed by atoms with Gasteiger partial charge in [0.1, 0.15) is 5.69 Å². The molecular formula is C27H22N4O2. The molecule has 0 saturated carbocycles. The van der Waals surface area contributed by atoms with E-state index in [2.05, 4.69) is 4.98 Å². The highest BCUT2D eigenvalue weighted by Crippen LogP contribution is 2.26. The number of nitrogens with zero attached hydrogens (tertiary/aromatic N) is 4. The number of hydrogen-bond donors (Lipinski definition) is 0. The van der Waals surface area contributed by atoms with Gasteiger partial charge >= 0.3 is 0 Å². The summed E-state index contributed by atoms with van der Waals surface area (Å²) >= 11 is 0. The summed E-state index contributed by atoms with van der Waals surface area (Å²) in [5, 5.41) is 4.76. The minimum Gasteiger partial charge on any atom is -0.312 e. The molecule has 0 radical (unpaired) electrons. The number of benzene rings is 2. The molecule has 1 aliphatic rings. The predicted octanol–water partition coefficient (Wildman–Crippen LogP) is 4.96. The minimum atomic E-state index is -0.128. The summed E-state index contributed by atoms with van der Waals surface area (Å²) in [4.78, 5) is 30.9. The Balaban J connectivity index is 1.46. The van der Waals surface area contributed by atoms with Gasteiger partial charge in [-0.05, 0) is 55.0 Å². The van der Waals surface area contributed by atoms with E-state index in [0.717, 1.165) is 34.6 Å².